The Balaban J connectivity index is 1.44. The Kier molecular flexibility index (Phi) is 6.20. The van der Waals surface area contributed by atoms with Crippen molar-refractivity contribution in [2.75, 3.05) is 26.2 Å². The number of benzene rings is 1. The summed E-state index contributed by atoms with van der Waals surface area (Å²) in [4.78, 5) is 18.0. The summed E-state index contributed by atoms with van der Waals surface area (Å²) in [6.07, 6.45) is 2.90. The van der Waals surface area contributed by atoms with Crippen LogP contribution in [0.3, 0.4) is 0 Å². The van der Waals surface area contributed by atoms with Crippen molar-refractivity contribution in [1.29, 1.82) is 0 Å². The van der Waals surface area contributed by atoms with Crippen LogP contribution in [0.5, 0.6) is 0 Å². The molecule has 1 saturated heterocycles. The van der Waals surface area contributed by atoms with E-state index in [9.17, 15) is 9.18 Å². The minimum absolute atomic E-state index is 0.164. The molecule has 4 rings (SSSR count). The standard InChI is InChI=1S/C23H32FN5O/c1-16(2)28-10-12-29(13-11-28)18-8-9-21-19(14-18)22(26-27(21)3)23(30)25-15-17-6-4-5-7-20(17)24/h4-7,16,18H,8-15H2,1-3H3,(H,25,30). The normalized spacial score (nSPS) is 20.4. The van der Waals surface area contributed by atoms with Gasteiger partial charge in [-0.2, -0.15) is 5.10 Å². The van der Waals surface area contributed by atoms with E-state index in [0.29, 0.717) is 23.3 Å². The molecular formula is C23H32FN5O. The van der Waals surface area contributed by atoms with Gasteiger partial charge in [-0.05, 0) is 39.2 Å². The second-order valence-electron chi connectivity index (χ2n) is 8.73. The lowest BCUT2D eigenvalue weighted by molar-refractivity contribution is 0.0726. The molecule has 1 atom stereocenters. The summed E-state index contributed by atoms with van der Waals surface area (Å²) in [5.41, 5.74) is 3.19. The topological polar surface area (TPSA) is 53.4 Å². The van der Waals surface area contributed by atoms with Crippen molar-refractivity contribution in [3.63, 3.8) is 0 Å². The van der Waals surface area contributed by atoms with Crippen LogP contribution in [0.4, 0.5) is 4.39 Å². The molecule has 1 fully saturated rings. The Morgan fingerprint density at radius 2 is 1.97 bits per heavy atom. The lowest BCUT2D eigenvalue weighted by Crippen LogP contribution is -2.53. The van der Waals surface area contributed by atoms with Crippen LogP contribution >= 0.6 is 0 Å². The van der Waals surface area contributed by atoms with E-state index < -0.39 is 0 Å². The molecule has 0 saturated carbocycles. The maximum absolute atomic E-state index is 13.9. The molecule has 0 spiro atoms. The number of fused-ring (bicyclic) bond motifs is 1. The highest BCUT2D eigenvalue weighted by molar-refractivity contribution is 5.94. The van der Waals surface area contributed by atoms with Gasteiger partial charge in [0.2, 0.25) is 0 Å². The number of rotatable bonds is 5. The predicted molar refractivity (Wildman–Crippen MR) is 115 cm³/mol. The lowest BCUT2D eigenvalue weighted by Gasteiger charge is -2.42. The molecule has 1 aromatic carbocycles. The summed E-state index contributed by atoms with van der Waals surface area (Å²) in [5.74, 6) is -0.526. The summed E-state index contributed by atoms with van der Waals surface area (Å²) in [7, 11) is 1.91. The molecule has 1 aromatic heterocycles. The molecule has 1 amide bonds. The van der Waals surface area contributed by atoms with Gasteiger partial charge in [-0.25, -0.2) is 4.39 Å². The van der Waals surface area contributed by atoms with Gasteiger partial charge in [0.25, 0.3) is 5.91 Å². The van der Waals surface area contributed by atoms with Gasteiger partial charge >= 0.3 is 0 Å². The Labute approximate surface area is 178 Å². The van der Waals surface area contributed by atoms with Crippen LogP contribution in [0.25, 0.3) is 0 Å². The highest BCUT2D eigenvalue weighted by Crippen LogP contribution is 2.28. The van der Waals surface area contributed by atoms with Gasteiger partial charge in [0.05, 0.1) is 0 Å². The highest BCUT2D eigenvalue weighted by Gasteiger charge is 2.32. The second-order valence-corrected chi connectivity index (χ2v) is 8.73. The number of hydrogen-bond acceptors (Lipinski definition) is 4. The zero-order valence-corrected chi connectivity index (χ0v) is 18.2. The maximum Gasteiger partial charge on any atom is 0.272 e. The number of halogens is 1. The van der Waals surface area contributed by atoms with E-state index in [4.69, 9.17) is 0 Å². The number of nitrogens with zero attached hydrogens (tertiary/aromatic N) is 4. The third kappa shape index (κ3) is 4.27. The number of piperazine rings is 1. The summed E-state index contributed by atoms with van der Waals surface area (Å²) in [6, 6.07) is 7.57. The van der Waals surface area contributed by atoms with Gasteiger partial charge in [0, 0.05) is 68.7 Å². The van der Waals surface area contributed by atoms with Gasteiger partial charge in [0.15, 0.2) is 5.69 Å². The van der Waals surface area contributed by atoms with Crippen LogP contribution in [-0.4, -0.2) is 63.8 Å². The average molecular weight is 414 g/mol. The number of amides is 1. The zero-order valence-electron chi connectivity index (χ0n) is 18.2. The van der Waals surface area contributed by atoms with Gasteiger partial charge < -0.3 is 5.32 Å². The van der Waals surface area contributed by atoms with Crippen LogP contribution in [-0.2, 0) is 26.4 Å². The minimum Gasteiger partial charge on any atom is -0.346 e. The number of aryl methyl sites for hydroxylation is 1. The van der Waals surface area contributed by atoms with Crippen molar-refractivity contribution in [2.24, 2.45) is 7.05 Å². The molecule has 6 nitrogen and oxygen atoms in total. The van der Waals surface area contributed by atoms with Crippen LogP contribution < -0.4 is 5.32 Å². The SMILES string of the molecule is CC(C)N1CCN(C2CCc3c(c(C(=O)NCc4ccccc4F)nn3C)C2)CC1. The van der Waals surface area contributed by atoms with E-state index in [2.05, 4.69) is 34.1 Å². The molecule has 162 valence electrons. The molecular weight excluding hydrogens is 381 g/mol. The number of aromatic nitrogens is 2. The molecule has 30 heavy (non-hydrogen) atoms. The fourth-order valence-corrected chi connectivity index (χ4v) is 4.78. The first-order chi connectivity index (χ1) is 14.4. The molecule has 7 heteroatoms. The molecule has 2 aliphatic rings. The Morgan fingerprint density at radius 1 is 1.23 bits per heavy atom. The number of carbonyl (C=O) groups is 1. The molecule has 2 aromatic rings. The monoisotopic (exact) mass is 413 g/mol. The first-order valence-electron chi connectivity index (χ1n) is 11.0. The van der Waals surface area contributed by atoms with Crippen LogP contribution in [0.15, 0.2) is 24.3 Å². The van der Waals surface area contributed by atoms with E-state index in [-0.39, 0.29) is 18.3 Å². The molecule has 1 aliphatic heterocycles. The zero-order chi connectivity index (χ0) is 21.3. The predicted octanol–water partition coefficient (Wildman–Crippen LogP) is 2.37. The quantitative estimate of drug-likeness (QED) is 0.818. The lowest BCUT2D eigenvalue weighted by atomic mass is 9.89. The van der Waals surface area contributed by atoms with Gasteiger partial charge in [0.1, 0.15) is 5.82 Å². The van der Waals surface area contributed by atoms with Crippen molar-refractivity contribution in [1.82, 2.24) is 24.9 Å². The van der Waals surface area contributed by atoms with Crippen molar-refractivity contribution >= 4 is 5.91 Å². The third-order valence-electron chi connectivity index (χ3n) is 6.64. The number of hydrogen-bond donors (Lipinski definition) is 1. The fourth-order valence-electron chi connectivity index (χ4n) is 4.78. The molecule has 0 bridgehead atoms. The summed E-state index contributed by atoms with van der Waals surface area (Å²) in [6.45, 7) is 9.03. The number of nitrogens with one attached hydrogen (secondary N) is 1. The maximum atomic E-state index is 13.9. The summed E-state index contributed by atoms with van der Waals surface area (Å²) >= 11 is 0. The Hall–Kier alpha value is -2.25. The molecule has 1 aliphatic carbocycles. The second kappa shape index (κ2) is 8.86. The number of carbonyl (C=O) groups excluding carboxylic acids is 1. The van der Waals surface area contributed by atoms with Crippen LogP contribution in [0.1, 0.15) is 47.6 Å². The van der Waals surface area contributed by atoms with E-state index in [1.165, 1.54) is 6.07 Å². The van der Waals surface area contributed by atoms with E-state index in [1.54, 1.807) is 18.2 Å². The highest BCUT2D eigenvalue weighted by atomic mass is 19.1. The first kappa shape index (κ1) is 21.0. The average Bonchev–Trinajstić information content (AvgIpc) is 3.09. The minimum atomic E-state index is -0.304. The smallest absolute Gasteiger partial charge is 0.272 e. The van der Waals surface area contributed by atoms with Gasteiger partial charge in [-0.15, -0.1) is 0 Å². The van der Waals surface area contributed by atoms with Crippen molar-refractivity contribution in [3.8, 4) is 0 Å². The Morgan fingerprint density at radius 3 is 2.67 bits per heavy atom. The molecule has 2 heterocycles. The molecule has 0 radical (unpaired) electrons. The molecule has 1 unspecified atom stereocenters. The van der Waals surface area contributed by atoms with Crippen molar-refractivity contribution < 1.29 is 9.18 Å². The third-order valence-corrected chi connectivity index (χ3v) is 6.64. The Bertz CT molecular complexity index is 901. The van der Waals surface area contributed by atoms with Crippen molar-refractivity contribution in [3.05, 3.63) is 52.6 Å². The largest absolute Gasteiger partial charge is 0.346 e. The van der Waals surface area contributed by atoms with Gasteiger partial charge in [-0.3, -0.25) is 19.3 Å². The van der Waals surface area contributed by atoms with Crippen LogP contribution in [0, 0.1) is 5.82 Å². The van der Waals surface area contributed by atoms with E-state index >= 15 is 0 Å². The van der Waals surface area contributed by atoms with Gasteiger partial charge in [-0.1, -0.05) is 18.2 Å². The van der Waals surface area contributed by atoms with Crippen LogP contribution in [0.2, 0.25) is 0 Å². The molecule has 1 N–H and O–H groups in total. The summed E-state index contributed by atoms with van der Waals surface area (Å²) in [5, 5.41) is 7.38. The fraction of sp³-hybridized carbons (Fsp3) is 0.565. The van der Waals surface area contributed by atoms with E-state index in [0.717, 1.165) is 56.7 Å². The first-order valence-corrected chi connectivity index (χ1v) is 11.0. The summed E-state index contributed by atoms with van der Waals surface area (Å²) < 4.78 is 15.7. The van der Waals surface area contributed by atoms with E-state index in [1.807, 2.05) is 11.7 Å². The van der Waals surface area contributed by atoms with Crippen molar-refractivity contribution in [2.45, 2.75) is 51.7 Å².